The topological polar surface area (TPSA) is 72.7 Å². The van der Waals surface area contributed by atoms with Gasteiger partial charge in [-0.2, -0.15) is 0 Å². The Kier molecular flexibility index (Phi) is 5.44. The molecular weight excluding hydrogens is 344 g/mol. The van der Waals surface area contributed by atoms with Crippen molar-refractivity contribution in [2.75, 3.05) is 13.7 Å². The molecule has 0 spiro atoms. The number of aryl methyl sites for hydroxylation is 2. The van der Waals surface area contributed by atoms with Gasteiger partial charge in [-0.15, -0.1) is 0 Å². The highest BCUT2D eigenvalue weighted by molar-refractivity contribution is 5.78. The lowest BCUT2D eigenvalue weighted by Crippen LogP contribution is -2.37. The number of hydrogen-bond donors (Lipinski definition) is 0. The summed E-state index contributed by atoms with van der Waals surface area (Å²) in [4.78, 5) is 25.3. The molecule has 27 heavy (non-hydrogen) atoms. The zero-order valence-electron chi connectivity index (χ0n) is 15.9. The molecule has 1 unspecified atom stereocenters. The Morgan fingerprint density at radius 3 is 2.48 bits per heavy atom. The lowest BCUT2D eigenvalue weighted by Gasteiger charge is -2.32. The van der Waals surface area contributed by atoms with Crippen LogP contribution in [-0.4, -0.2) is 29.4 Å². The van der Waals surface area contributed by atoms with Crippen LogP contribution < -0.4 is 4.74 Å². The number of amides is 1. The van der Waals surface area contributed by atoms with Gasteiger partial charge in [0.05, 0.1) is 12.0 Å². The van der Waals surface area contributed by atoms with Gasteiger partial charge < -0.3 is 9.64 Å². The van der Waals surface area contributed by atoms with E-state index >= 15 is 0 Å². The highest BCUT2D eigenvalue weighted by Gasteiger charge is 2.28. The van der Waals surface area contributed by atoms with Crippen LogP contribution in [0.5, 0.6) is 5.75 Å². The van der Waals surface area contributed by atoms with Crippen molar-refractivity contribution in [3.05, 3.63) is 68.8 Å². The summed E-state index contributed by atoms with van der Waals surface area (Å²) in [7, 11) is 1.63. The van der Waals surface area contributed by atoms with E-state index in [0.717, 1.165) is 28.9 Å². The molecule has 2 aromatic carbocycles. The van der Waals surface area contributed by atoms with Crippen LogP contribution in [0, 0.1) is 24.0 Å². The predicted octanol–water partition coefficient (Wildman–Crippen LogP) is 4.13. The molecule has 3 rings (SSSR count). The summed E-state index contributed by atoms with van der Waals surface area (Å²) in [5.41, 5.74) is 3.79. The van der Waals surface area contributed by atoms with Crippen LogP contribution in [0.4, 0.5) is 5.69 Å². The second-order valence-electron chi connectivity index (χ2n) is 7.11. The monoisotopic (exact) mass is 368 g/mol. The molecule has 1 atom stereocenters. The second-order valence-corrected chi connectivity index (χ2v) is 7.11. The smallest absolute Gasteiger partial charge is 0.272 e. The van der Waals surface area contributed by atoms with Gasteiger partial charge >= 0.3 is 0 Å². The molecule has 0 aromatic heterocycles. The van der Waals surface area contributed by atoms with E-state index in [-0.39, 0.29) is 22.4 Å². The largest absolute Gasteiger partial charge is 0.497 e. The molecule has 142 valence electrons. The minimum absolute atomic E-state index is 0.115. The van der Waals surface area contributed by atoms with E-state index in [1.165, 1.54) is 0 Å². The third-order valence-corrected chi connectivity index (χ3v) is 5.27. The number of carbonyl (C=O) groups excluding carboxylic acids is 1. The molecule has 1 fully saturated rings. The Labute approximate surface area is 158 Å². The molecule has 1 aliphatic heterocycles. The molecule has 2 aromatic rings. The van der Waals surface area contributed by atoms with Crippen molar-refractivity contribution < 1.29 is 14.5 Å². The van der Waals surface area contributed by atoms with E-state index in [2.05, 4.69) is 0 Å². The first kappa shape index (κ1) is 18.9. The lowest BCUT2D eigenvalue weighted by molar-refractivity contribution is -0.385. The molecule has 0 bridgehead atoms. The van der Waals surface area contributed by atoms with Gasteiger partial charge in [-0.1, -0.05) is 12.1 Å². The Bertz CT molecular complexity index is 861. The number of benzene rings is 2. The Morgan fingerprint density at radius 1 is 1.19 bits per heavy atom. The van der Waals surface area contributed by atoms with E-state index in [9.17, 15) is 14.9 Å². The van der Waals surface area contributed by atoms with Gasteiger partial charge in [0.2, 0.25) is 5.91 Å². The maximum atomic E-state index is 12.7. The first-order chi connectivity index (χ1) is 12.9. The summed E-state index contributed by atoms with van der Waals surface area (Å²) in [6, 6.07) is 11.2. The fraction of sp³-hybridized carbons (Fsp3) is 0.381. The molecule has 6 nitrogen and oxygen atoms in total. The number of nitro benzene ring substituents is 1. The number of carbonyl (C=O) groups is 1. The number of nitro groups is 1. The summed E-state index contributed by atoms with van der Waals surface area (Å²) < 4.78 is 5.16. The maximum absolute atomic E-state index is 12.7. The number of rotatable bonds is 5. The SMILES string of the molecule is COc1ccc(CN2CCC(c3cc(C)c([N+](=O)[O-])cc3C)CC2=O)cc1. The van der Waals surface area contributed by atoms with E-state index in [4.69, 9.17) is 4.74 Å². The van der Waals surface area contributed by atoms with Crippen LogP contribution in [0.2, 0.25) is 0 Å². The number of methoxy groups -OCH3 is 1. The lowest BCUT2D eigenvalue weighted by atomic mass is 9.85. The second kappa shape index (κ2) is 7.78. The number of nitrogens with zero attached hydrogens (tertiary/aromatic N) is 2. The summed E-state index contributed by atoms with van der Waals surface area (Å²) in [5.74, 6) is 1.04. The van der Waals surface area contributed by atoms with Gasteiger partial charge in [0, 0.05) is 31.1 Å². The molecule has 6 heteroatoms. The van der Waals surface area contributed by atoms with E-state index in [0.29, 0.717) is 25.1 Å². The van der Waals surface area contributed by atoms with Crippen LogP contribution in [0.1, 0.15) is 41.0 Å². The van der Waals surface area contributed by atoms with Crippen molar-refractivity contribution in [2.45, 2.75) is 39.2 Å². The number of ether oxygens (including phenoxy) is 1. The molecule has 1 saturated heterocycles. The van der Waals surface area contributed by atoms with E-state index in [1.54, 1.807) is 20.1 Å². The molecule has 1 amide bonds. The predicted molar refractivity (Wildman–Crippen MR) is 103 cm³/mol. The van der Waals surface area contributed by atoms with Gasteiger partial charge in [-0.05, 0) is 61.1 Å². The van der Waals surface area contributed by atoms with Crippen molar-refractivity contribution in [1.29, 1.82) is 0 Å². The first-order valence-corrected chi connectivity index (χ1v) is 9.05. The maximum Gasteiger partial charge on any atom is 0.272 e. The summed E-state index contributed by atoms with van der Waals surface area (Å²) in [5, 5.41) is 11.1. The van der Waals surface area contributed by atoms with E-state index in [1.807, 2.05) is 42.2 Å². The molecule has 1 heterocycles. The number of piperidine rings is 1. The van der Waals surface area contributed by atoms with Crippen molar-refractivity contribution in [3.63, 3.8) is 0 Å². The molecular formula is C21H24N2O4. The van der Waals surface area contributed by atoms with Crippen molar-refractivity contribution >= 4 is 11.6 Å². The Balaban J connectivity index is 1.70. The molecule has 0 N–H and O–H groups in total. The minimum Gasteiger partial charge on any atom is -0.497 e. The molecule has 1 aliphatic rings. The van der Waals surface area contributed by atoms with Crippen LogP contribution in [0.25, 0.3) is 0 Å². The highest BCUT2D eigenvalue weighted by Crippen LogP contribution is 2.34. The van der Waals surface area contributed by atoms with Gasteiger partial charge in [0.15, 0.2) is 0 Å². The fourth-order valence-corrected chi connectivity index (χ4v) is 3.72. The van der Waals surface area contributed by atoms with Crippen LogP contribution in [0.15, 0.2) is 36.4 Å². The van der Waals surface area contributed by atoms with Gasteiger partial charge in [-0.3, -0.25) is 14.9 Å². The average molecular weight is 368 g/mol. The van der Waals surface area contributed by atoms with Gasteiger partial charge in [0.25, 0.3) is 5.69 Å². The first-order valence-electron chi connectivity index (χ1n) is 9.05. The van der Waals surface area contributed by atoms with E-state index < -0.39 is 0 Å². The van der Waals surface area contributed by atoms with Crippen LogP contribution in [-0.2, 0) is 11.3 Å². The van der Waals surface area contributed by atoms with Crippen molar-refractivity contribution in [3.8, 4) is 5.75 Å². The van der Waals surface area contributed by atoms with Crippen LogP contribution >= 0.6 is 0 Å². The standard InChI is InChI=1S/C21H24N2O4/c1-14-11-20(23(25)26)15(2)10-19(14)17-8-9-22(21(24)12-17)13-16-4-6-18(27-3)7-5-16/h4-7,10-11,17H,8-9,12-13H2,1-3H3. The third-order valence-electron chi connectivity index (χ3n) is 5.27. The molecule has 0 aliphatic carbocycles. The van der Waals surface area contributed by atoms with Gasteiger partial charge in [0.1, 0.15) is 5.75 Å². The number of likely N-dealkylation sites (tertiary alicyclic amines) is 1. The third kappa shape index (κ3) is 4.10. The van der Waals surface area contributed by atoms with Crippen molar-refractivity contribution in [1.82, 2.24) is 4.90 Å². The zero-order valence-corrected chi connectivity index (χ0v) is 15.9. The summed E-state index contributed by atoms with van der Waals surface area (Å²) in [6.45, 7) is 4.91. The highest BCUT2D eigenvalue weighted by atomic mass is 16.6. The molecule has 0 radical (unpaired) electrons. The summed E-state index contributed by atoms with van der Waals surface area (Å²) >= 11 is 0. The quantitative estimate of drug-likeness (QED) is 0.588. The fourth-order valence-electron chi connectivity index (χ4n) is 3.72. The molecule has 0 saturated carbocycles. The Hall–Kier alpha value is -2.89. The van der Waals surface area contributed by atoms with Gasteiger partial charge in [-0.25, -0.2) is 0 Å². The number of hydrogen-bond acceptors (Lipinski definition) is 4. The minimum atomic E-state index is -0.352. The normalized spacial score (nSPS) is 17.1. The van der Waals surface area contributed by atoms with Crippen molar-refractivity contribution in [2.24, 2.45) is 0 Å². The van der Waals surface area contributed by atoms with Crippen LogP contribution in [0.3, 0.4) is 0 Å². The Morgan fingerprint density at radius 2 is 1.89 bits per heavy atom. The summed E-state index contributed by atoms with van der Waals surface area (Å²) in [6.07, 6.45) is 1.30. The average Bonchev–Trinajstić information content (AvgIpc) is 2.65. The zero-order chi connectivity index (χ0) is 19.6.